The maximum Gasteiger partial charge on any atom is 0.295 e. The van der Waals surface area contributed by atoms with Crippen LogP contribution in [0.5, 0.6) is 23.0 Å². The first-order valence-electron chi connectivity index (χ1n) is 10.8. The average Bonchev–Trinajstić information content (AvgIpc) is 3.07. The van der Waals surface area contributed by atoms with Gasteiger partial charge in [-0.25, -0.2) is 0 Å². The molecule has 1 saturated heterocycles. The first-order valence-corrected chi connectivity index (χ1v) is 10.8. The number of rotatable bonds is 9. The summed E-state index contributed by atoms with van der Waals surface area (Å²) in [7, 11) is 8.28. The number of nitrogens with zero attached hydrogens (tertiary/aromatic N) is 2. The molecule has 0 aromatic heterocycles. The van der Waals surface area contributed by atoms with Crippen molar-refractivity contribution in [2.45, 2.75) is 12.5 Å². The number of carbonyl (C=O) groups is 2. The Morgan fingerprint density at radius 3 is 2.24 bits per heavy atom. The number of ketones is 1. The molecule has 1 amide bonds. The smallest absolute Gasteiger partial charge is 0.295 e. The number of carbonyl (C=O) groups excluding carboxylic acids is 2. The predicted molar refractivity (Wildman–Crippen MR) is 126 cm³/mol. The molecule has 0 spiro atoms. The van der Waals surface area contributed by atoms with Gasteiger partial charge in [-0.1, -0.05) is 0 Å². The highest BCUT2D eigenvalue weighted by Crippen LogP contribution is 2.45. The summed E-state index contributed by atoms with van der Waals surface area (Å²) in [5.41, 5.74) is 0.362. The molecule has 9 heteroatoms. The van der Waals surface area contributed by atoms with Crippen LogP contribution in [0.2, 0.25) is 0 Å². The van der Waals surface area contributed by atoms with Gasteiger partial charge in [0, 0.05) is 18.2 Å². The molecule has 3 rings (SSSR count). The third-order valence-electron chi connectivity index (χ3n) is 5.74. The number of aromatic hydroxyl groups is 1. The molecule has 0 radical (unpaired) electrons. The second-order valence-electron chi connectivity index (χ2n) is 8.14. The number of ether oxygens (including phenoxy) is 3. The van der Waals surface area contributed by atoms with Crippen molar-refractivity contribution in [3.8, 4) is 23.0 Å². The van der Waals surface area contributed by atoms with Gasteiger partial charge in [-0.15, -0.1) is 0 Å². The highest BCUT2D eigenvalue weighted by molar-refractivity contribution is 6.46. The van der Waals surface area contributed by atoms with Gasteiger partial charge in [-0.2, -0.15) is 0 Å². The topological polar surface area (TPSA) is 109 Å². The Bertz CT molecular complexity index is 1110. The molecule has 34 heavy (non-hydrogen) atoms. The normalized spacial score (nSPS) is 17.4. The lowest BCUT2D eigenvalue weighted by Crippen LogP contribution is -2.32. The van der Waals surface area contributed by atoms with Crippen LogP contribution < -0.4 is 14.2 Å². The molecular formula is C25H30N2O7. The SMILES string of the molecule is COc1ccc(/C(O)=C2/C(=O)C(=O)N(CCCN(C)C)C2c2cc(OC)ccc2OC)c(O)c1. The zero-order chi connectivity index (χ0) is 25.0. The molecule has 0 saturated carbocycles. The summed E-state index contributed by atoms with van der Waals surface area (Å²) < 4.78 is 16.0. The Morgan fingerprint density at radius 1 is 1.00 bits per heavy atom. The van der Waals surface area contributed by atoms with Crippen LogP contribution in [0.15, 0.2) is 42.0 Å². The van der Waals surface area contributed by atoms with Gasteiger partial charge in [0.2, 0.25) is 0 Å². The van der Waals surface area contributed by atoms with Gasteiger partial charge in [0.15, 0.2) is 0 Å². The van der Waals surface area contributed by atoms with Gasteiger partial charge >= 0.3 is 0 Å². The van der Waals surface area contributed by atoms with E-state index in [0.717, 1.165) is 0 Å². The lowest BCUT2D eigenvalue weighted by Gasteiger charge is -2.27. The van der Waals surface area contributed by atoms with Gasteiger partial charge < -0.3 is 34.2 Å². The minimum absolute atomic E-state index is 0.0129. The molecule has 1 fully saturated rings. The van der Waals surface area contributed by atoms with Crippen molar-refractivity contribution in [3.05, 3.63) is 53.1 Å². The number of phenolic OH excluding ortho intramolecular Hbond substituents is 1. The Kier molecular flexibility index (Phi) is 7.68. The number of likely N-dealkylation sites (tertiary alicyclic amines) is 1. The molecule has 1 unspecified atom stereocenters. The van der Waals surface area contributed by atoms with Gasteiger partial charge in [0.05, 0.1) is 38.5 Å². The fraction of sp³-hybridized carbons (Fsp3) is 0.360. The van der Waals surface area contributed by atoms with E-state index < -0.39 is 23.5 Å². The standard InChI is InChI=1S/C25H30N2O7/c1-26(2)11-6-12-27-22(18-13-15(32-3)8-10-20(18)34-5)21(24(30)25(27)31)23(29)17-9-7-16(33-4)14-19(17)28/h7-10,13-14,22,28-29H,6,11-12H2,1-5H3/b23-21-. The van der Waals surface area contributed by atoms with Crippen molar-refractivity contribution < 1.29 is 34.0 Å². The van der Waals surface area contributed by atoms with Crippen molar-refractivity contribution >= 4 is 17.4 Å². The first-order chi connectivity index (χ1) is 16.2. The van der Waals surface area contributed by atoms with Gasteiger partial charge in [-0.05, 0) is 57.4 Å². The fourth-order valence-electron chi connectivity index (χ4n) is 4.03. The molecule has 1 atom stereocenters. The number of methoxy groups -OCH3 is 3. The number of aliphatic hydroxyl groups excluding tert-OH is 1. The third kappa shape index (κ3) is 4.79. The number of Topliss-reactive ketones (excluding diaryl/α,β-unsaturated/α-hetero) is 1. The number of hydrogen-bond donors (Lipinski definition) is 2. The lowest BCUT2D eigenvalue weighted by atomic mass is 9.94. The van der Waals surface area contributed by atoms with E-state index in [1.165, 1.54) is 38.4 Å². The quantitative estimate of drug-likeness (QED) is 0.327. The van der Waals surface area contributed by atoms with Crippen LogP contribution >= 0.6 is 0 Å². The van der Waals surface area contributed by atoms with Crippen LogP contribution in [0.1, 0.15) is 23.6 Å². The van der Waals surface area contributed by atoms with E-state index in [1.54, 1.807) is 24.3 Å². The molecule has 9 nitrogen and oxygen atoms in total. The second kappa shape index (κ2) is 10.5. The third-order valence-corrected chi connectivity index (χ3v) is 5.74. The fourth-order valence-corrected chi connectivity index (χ4v) is 4.03. The molecule has 182 valence electrons. The van der Waals surface area contributed by atoms with Crippen LogP contribution in [0.25, 0.3) is 5.76 Å². The van der Waals surface area contributed by atoms with Crippen LogP contribution in [0.4, 0.5) is 0 Å². The average molecular weight is 471 g/mol. The zero-order valence-electron chi connectivity index (χ0n) is 20.0. The van der Waals surface area contributed by atoms with E-state index in [-0.39, 0.29) is 23.4 Å². The van der Waals surface area contributed by atoms with E-state index >= 15 is 0 Å². The van der Waals surface area contributed by atoms with Crippen LogP contribution in [-0.2, 0) is 9.59 Å². The van der Waals surface area contributed by atoms with Crippen LogP contribution in [0.3, 0.4) is 0 Å². The van der Waals surface area contributed by atoms with Crippen molar-refractivity contribution in [1.29, 1.82) is 0 Å². The zero-order valence-corrected chi connectivity index (χ0v) is 20.0. The minimum Gasteiger partial charge on any atom is -0.507 e. The molecular weight excluding hydrogens is 440 g/mol. The number of benzene rings is 2. The van der Waals surface area contributed by atoms with E-state index in [0.29, 0.717) is 35.8 Å². The maximum absolute atomic E-state index is 13.2. The first kappa shape index (κ1) is 24.9. The summed E-state index contributed by atoms with van der Waals surface area (Å²) in [5, 5.41) is 21.7. The summed E-state index contributed by atoms with van der Waals surface area (Å²) in [6.07, 6.45) is 0.608. The lowest BCUT2D eigenvalue weighted by molar-refractivity contribution is -0.140. The molecule has 2 N–H and O–H groups in total. The van der Waals surface area contributed by atoms with E-state index in [2.05, 4.69) is 0 Å². The molecule has 2 aromatic carbocycles. The summed E-state index contributed by atoms with van der Waals surface area (Å²) in [5.74, 6) is -1.03. The Labute approximate surface area is 198 Å². The summed E-state index contributed by atoms with van der Waals surface area (Å²) in [6.45, 7) is 0.976. The van der Waals surface area contributed by atoms with E-state index in [4.69, 9.17) is 14.2 Å². The number of amides is 1. The summed E-state index contributed by atoms with van der Waals surface area (Å²) in [4.78, 5) is 29.7. The van der Waals surface area contributed by atoms with Gasteiger partial charge in [0.25, 0.3) is 11.7 Å². The molecule has 0 bridgehead atoms. The monoisotopic (exact) mass is 470 g/mol. The highest BCUT2D eigenvalue weighted by Gasteiger charge is 2.47. The maximum atomic E-state index is 13.2. The number of phenols is 1. The van der Waals surface area contributed by atoms with Crippen molar-refractivity contribution in [2.75, 3.05) is 48.5 Å². The number of hydrogen-bond acceptors (Lipinski definition) is 8. The molecule has 2 aromatic rings. The van der Waals surface area contributed by atoms with Crippen molar-refractivity contribution in [2.24, 2.45) is 0 Å². The Morgan fingerprint density at radius 2 is 1.65 bits per heavy atom. The highest BCUT2D eigenvalue weighted by atomic mass is 16.5. The number of aliphatic hydroxyl groups is 1. The minimum atomic E-state index is -0.936. The van der Waals surface area contributed by atoms with Gasteiger partial charge in [-0.3, -0.25) is 9.59 Å². The van der Waals surface area contributed by atoms with Gasteiger partial charge in [0.1, 0.15) is 28.8 Å². The molecule has 0 aliphatic carbocycles. The predicted octanol–water partition coefficient (Wildman–Crippen LogP) is 2.79. The van der Waals surface area contributed by atoms with Crippen LogP contribution in [0, 0.1) is 0 Å². The second-order valence-corrected chi connectivity index (χ2v) is 8.14. The molecule has 1 heterocycles. The van der Waals surface area contributed by atoms with Crippen molar-refractivity contribution in [1.82, 2.24) is 9.80 Å². The van der Waals surface area contributed by atoms with Crippen LogP contribution in [-0.4, -0.2) is 80.2 Å². The molecule has 1 aliphatic rings. The largest absolute Gasteiger partial charge is 0.507 e. The summed E-state index contributed by atoms with van der Waals surface area (Å²) >= 11 is 0. The Balaban J connectivity index is 2.22. The van der Waals surface area contributed by atoms with E-state index in [1.807, 2.05) is 19.0 Å². The van der Waals surface area contributed by atoms with E-state index in [9.17, 15) is 19.8 Å². The Hall–Kier alpha value is -3.72. The van der Waals surface area contributed by atoms with Crippen molar-refractivity contribution in [3.63, 3.8) is 0 Å². The summed E-state index contributed by atoms with van der Waals surface area (Å²) in [6, 6.07) is 8.42. The molecule has 1 aliphatic heterocycles.